The molecule has 2 N–H and O–H groups in total. The van der Waals surface area contributed by atoms with E-state index in [0.717, 1.165) is 23.0 Å². The van der Waals surface area contributed by atoms with Crippen LogP contribution in [0.3, 0.4) is 0 Å². The molecule has 1 aromatic carbocycles. The highest BCUT2D eigenvalue weighted by Gasteiger charge is 2.10. The van der Waals surface area contributed by atoms with Crippen LogP contribution in [0.2, 0.25) is 0 Å². The molecule has 0 aliphatic carbocycles. The summed E-state index contributed by atoms with van der Waals surface area (Å²) in [6, 6.07) is 9.60. The van der Waals surface area contributed by atoms with Crippen molar-refractivity contribution in [3.63, 3.8) is 0 Å². The maximum absolute atomic E-state index is 11.8. The lowest BCUT2D eigenvalue weighted by molar-refractivity contribution is 0.577. The quantitative estimate of drug-likeness (QED) is 0.754. The molecule has 0 atom stereocenters. The first-order valence-corrected chi connectivity index (χ1v) is 8.28. The van der Waals surface area contributed by atoms with Crippen LogP contribution >= 0.6 is 0 Å². The second-order valence-corrected chi connectivity index (χ2v) is 6.41. The zero-order chi connectivity index (χ0) is 14.4. The van der Waals surface area contributed by atoms with Gasteiger partial charge in [0, 0.05) is 24.7 Å². The van der Waals surface area contributed by atoms with Crippen LogP contribution in [0.1, 0.15) is 12.5 Å². The van der Waals surface area contributed by atoms with Gasteiger partial charge in [-0.2, -0.15) is 0 Å². The molecule has 0 saturated heterocycles. The summed E-state index contributed by atoms with van der Waals surface area (Å²) in [5.41, 5.74) is 1.72. The Balaban J connectivity index is 2.06. The van der Waals surface area contributed by atoms with Crippen molar-refractivity contribution >= 4 is 20.9 Å². The Bertz CT molecular complexity index is 666. The third kappa shape index (κ3) is 4.00. The van der Waals surface area contributed by atoms with Crippen molar-refractivity contribution in [3.05, 3.63) is 42.1 Å². The van der Waals surface area contributed by atoms with Gasteiger partial charge in [0.05, 0.1) is 11.3 Å². The predicted octanol–water partition coefficient (Wildman–Crippen LogP) is 1.26. The minimum Gasteiger partial charge on any atom is -0.316 e. The fraction of sp³-hybridized carbons (Fsp3) is 0.357. The fourth-order valence-corrected chi connectivity index (χ4v) is 2.89. The third-order valence-electron chi connectivity index (χ3n) is 3.00. The van der Waals surface area contributed by atoms with Crippen molar-refractivity contribution < 1.29 is 8.42 Å². The highest BCUT2D eigenvalue weighted by Crippen LogP contribution is 2.15. The van der Waals surface area contributed by atoms with Gasteiger partial charge in [-0.15, -0.1) is 0 Å². The maximum Gasteiger partial charge on any atom is 0.213 e. The average Bonchev–Trinajstić information content (AvgIpc) is 2.45. The van der Waals surface area contributed by atoms with Gasteiger partial charge < -0.3 is 5.32 Å². The third-order valence-corrected chi connectivity index (χ3v) is 4.32. The summed E-state index contributed by atoms with van der Waals surface area (Å²) in [7, 11) is -3.26. The molecule has 0 saturated carbocycles. The first-order chi connectivity index (χ1) is 9.62. The Morgan fingerprint density at radius 3 is 2.80 bits per heavy atom. The van der Waals surface area contributed by atoms with Crippen LogP contribution in [0.15, 0.2) is 36.5 Å². The lowest BCUT2D eigenvalue weighted by atomic mass is 10.1. The van der Waals surface area contributed by atoms with E-state index >= 15 is 0 Å². The molecule has 20 heavy (non-hydrogen) atoms. The Labute approximate surface area is 119 Å². The number of nitrogens with one attached hydrogen (secondary N) is 2. The molecule has 1 aromatic heterocycles. The molecule has 0 aliphatic rings. The van der Waals surface area contributed by atoms with Gasteiger partial charge in [0.2, 0.25) is 10.0 Å². The number of sulfonamides is 1. The molecule has 1 heterocycles. The maximum atomic E-state index is 11.8. The van der Waals surface area contributed by atoms with Gasteiger partial charge in [-0.05, 0) is 18.2 Å². The van der Waals surface area contributed by atoms with E-state index < -0.39 is 10.0 Å². The lowest BCUT2D eigenvalue weighted by Crippen LogP contribution is -2.31. The smallest absolute Gasteiger partial charge is 0.213 e. The largest absolute Gasteiger partial charge is 0.316 e. The topological polar surface area (TPSA) is 71.1 Å². The van der Waals surface area contributed by atoms with Crippen LogP contribution in [0.5, 0.6) is 0 Å². The molecule has 0 radical (unpaired) electrons. The molecule has 0 fully saturated rings. The summed E-state index contributed by atoms with van der Waals surface area (Å²) in [4.78, 5) is 4.31. The highest BCUT2D eigenvalue weighted by atomic mass is 32.2. The number of hydrogen-bond acceptors (Lipinski definition) is 4. The first-order valence-electron chi connectivity index (χ1n) is 6.63. The first kappa shape index (κ1) is 14.9. The molecular formula is C14H19N3O2S. The monoisotopic (exact) mass is 293 g/mol. The summed E-state index contributed by atoms with van der Waals surface area (Å²) >= 11 is 0. The Kier molecular flexibility index (Phi) is 5.05. The van der Waals surface area contributed by atoms with Crippen LogP contribution in [-0.2, 0) is 16.6 Å². The molecule has 108 valence electrons. The van der Waals surface area contributed by atoms with Gasteiger partial charge in [0.25, 0.3) is 0 Å². The summed E-state index contributed by atoms with van der Waals surface area (Å²) in [6.45, 7) is 3.44. The minimum atomic E-state index is -3.26. The Hall–Kier alpha value is -1.50. The zero-order valence-electron chi connectivity index (χ0n) is 11.5. The van der Waals surface area contributed by atoms with Gasteiger partial charge in [0.15, 0.2) is 0 Å². The van der Waals surface area contributed by atoms with Crippen molar-refractivity contribution in [1.82, 2.24) is 15.0 Å². The standard InChI is InChI=1S/C14H19N3O2S/c1-2-15-9-10-20(18,19)17-11-13-6-3-5-12-7-4-8-16-14(12)13/h3-8,15,17H,2,9-11H2,1H3. The van der Waals surface area contributed by atoms with E-state index in [0.29, 0.717) is 6.54 Å². The molecular weight excluding hydrogens is 274 g/mol. The second-order valence-electron chi connectivity index (χ2n) is 4.49. The van der Waals surface area contributed by atoms with Crippen molar-refractivity contribution in [2.45, 2.75) is 13.5 Å². The van der Waals surface area contributed by atoms with Crippen molar-refractivity contribution in [3.8, 4) is 0 Å². The molecule has 2 rings (SSSR count). The Morgan fingerprint density at radius 2 is 2.00 bits per heavy atom. The van der Waals surface area contributed by atoms with Crippen molar-refractivity contribution in [2.24, 2.45) is 0 Å². The molecule has 5 nitrogen and oxygen atoms in total. The number of aromatic nitrogens is 1. The molecule has 0 amide bonds. The van der Waals surface area contributed by atoms with Gasteiger partial charge in [-0.25, -0.2) is 13.1 Å². The summed E-state index contributed by atoms with van der Waals surface area (Å²) in [5, 5.41) is 4.01. The second kappa shape index (κ2) is 6.78. The number of pyridine rings is 1. The molecule has 6 heteroatoms. The lowest BCUT2D eigenvalue weighted by Gasteiger charge is -2.08. The molecule has 0 aliphatic heterocycles. The Morgan fingerprint density at radius 1 is 1.20 bits per heavy atom. The van der Waals surface area contributed by atoms with Crippen LogP contribution < -0.4 is 10.0 Å². The number of para-hydroxylation sites is 1. The predicted molar refractivity (Wildman–Crippen MR) is 80.9 cm³/mol. The van der Waals surface area contributed by atoms with Crippen LogP contribution in [0.25, 0.3) is 10.9 Å². The number of nitrogens with zero attached hydrogens (tertiary/aromatic N) is 1. The van der Waals surface area contributed by atoms with Gasteiger partial charge >= 0.3 is 0 Å². The summed E-state index contributed by atoms with van der Waals surface area (Å²) in [6.07, 6.45) is 1.71. The molecule has 0 spiro atoms. The van der Waals surface area contributed by atoms with E-state index in [2.05, 4.69) is 15.0 Å². The van der Waals surface area contributed by atoms with Gasteiger partial charge in [0.1, 0.15) is 0 Å². The van der Waals surface area contributed by atoms with Gasteiger partial charge in [-0.1, -0.05) is 31.2 Å². The number of benzene rings is 1. The van der Waals surface area contributed by atoms with Crippen LogP contribution in [0.4, 0.5) is 0 Å². The molecule has 0 unspecified atom stereocenters. The van der Waals surface area contributed by atoms with E-state index in [9.17, 15) is 8.42 Å². The minimum absolute atomic E-state index is 0.0824. The fourth-order valence-electron chi connectivity index (χ4n) is 1.95. The molecule has 0 bridgehead atoms. The van der Waals surface area contributed by atoms with E-state index in [1.165, 1.54) is 0 Å². The summed E-state index contributed by atoms with van der Waals surface area (Å²) in [5.74, 6) is 0.0824. The van der Waals surface area contributed by atoms with E-state index in [1.54, 1.807) is 6.20 Å². The number of fused-ring (bicyclic) bond motifs is 1. The SMILES string of the molecule is CCNCCS(=O)(=O)NCc1cccc2cccnc12. The van der Waals surface area contributed by atoms with E-state index in [-0.39, 0.29) is 12.3 Å². The number of rotatable bonds is 7. The number of hydrogen-bond donors (Lipinski definition) is 2. The van der Waals surface area contributed by atoms with Crippen LogP contribution in [-0.4, -0.2) is 32.2 Å². The van der Waals surface area contributed by atoms with Crippen molar-refractivity contribution in [2.75, 3.05) is 18.8 Å². The van der Waals surface area contributed by atoms with Crippen LogP contribution in [0, 0.1) is 0 Å². The highest BCUT2D eigenvalue weighted by molar-refractivity contribution is 7.89. The van der Waals surface area contributed by atoms with Gasteiger partial charge in [-0.3, -0.25) is 4.98 Å². The van der Waals surface area contributed by atoms with E-state index in [1.807, 2.05) is 37.3 Å². The summed E-state index contributed by atoms with van der Waals surface area (Å²) < 4.78 is 26.3. The average molecular weight is 293 g/mol. The van der Waals surface area contributed by atoms with Crippen molar-refractivity contribution in [1.29, 1.82) is 0 Å². The normalized spacial score (nSPS) is 11.8. The zero-order valence-corrected chi connectivity index (χ0v) is 12.3. The van der Waals surface area contributed by atoms with E-state index in [4.69, 9.17) is 0 Å². The molecule has 2 aromatic rings.